The Balaban J connectivity index is 1.45. The van der Waals surface area contributed by atoms with Gasteiger partial charge >= 0.3 is 0 Å². The van der Waals surface area contributed by atoms with E-state index in [4.69, 9.17) is 0 Å². The van der Waals surface area contributed by atoms with Gasteiger partial charge in [0.1, 0.15) is 5.82 Å². The molecule has 2 aromatic carbocycles. The van der Waals surface area contributed by atoms with E-state index in [1.165, 1.54) is 12.1 Å². The van der Waals surface area contributed by atoms with Gasteiger partial charge in [0.25, 0.3) is 0 Å². The van der Waals surface area contributed by atoms with E-state index in [1.54, 1.807) is 28.4 Å². The first-order valence-corrected chi connectivity index (χ1v) is 10.5. The lowest BCUT2D eigenvalue weighted by atomic mass is 10.0. The van der Waals surface area contributed by atoms with Crippen molar-refractivity contribution in [2.45, 2.75) is 25.3 Å². The molecule has 0 radical (unpaired) electrons. The van der Waals surface area contributed by atoms with Crippen LogP contribution >= 0.6 is 11.3 Å². The number of benzene rings is 2. The Morgan fingerprint density at radius 1 is 1.10 bits per heavy atom. The van der Waals surface area contributed by atoms with Gasteiger partial charge < -0.3 is 10.2 Å². The van der Waals surface area contributed by atoms with Crippen molar-refractivity contribution in [1.29, 1.82) is 0 Å². The molecule has 0 spiro atoms. The van der Waals surface area contributed by atoms with Crippen LogP contribution in [0.25, 0.3) is 0 Å². The first-order chi connectivity index (χ1) is 14.1. The van der Waals surface area contributed by atoms with Crippen LogP contribution in [-0.2, 0) is 16.0 Å². The molecule has 4 rings (SSSR count). The van der Waals surface area contributed by atoms with Crippen molar-refractivity contribution in [1.82, 2.24) is 5.32 Å². The number of thiophene rings is 1. The van der Waals surface area contributed by atoms with Crippen molar-refractivity contribution in [3.63, 3.8) is 0 Å². The first-order valence-electron chi connectivity index (χ1n) is 9.58. The molecule has 1 fully saturated rings. The second-order valence-corrected chi connectivity index (χ2v) is 8.04. The lowest BCUT2D eigenvalue weighted by Crippen LogP contribution is -2.30. The minimum Gasteiger partial charge on any atom is -0.344 e. The molecule has 3 aromatic rings. The SMILES string of the molecule is O=C(Cc1ccc(N2CCCC2=O)cc1)NC(c1ccc(F)cc1)c1cccs1. The molecule has 4 nitrogen and oxygen atoms in total. The molecule has 1 aromatic heterocycles. The average molecular weight is 408 g/mol. The minimum atomic E-state index is -0.315. The maximum absolute atomic E-state index is 13.3. The Labute approximate surface area is 173 Å². The van der Waals surface area contributed by atoms with Crippen LogP contribution in [0.3, 0.4) is 0 Å². The Morgan fingerprint density at radius 3 is 2.48 bits per heavy atom. The number of nitrogens with zero attached hydrogens (tertiary/aromatic N) is 1. The van der Waals surface area contributed by atoms with Crippen LogP contribution < -0.4 is 10.2 Å². The highest BCUT2D eigenvalue weighted by Crippen LogP contribution is 2.27. The highest BCUT2D eigenvalue weighted by atomic mass is 32.1. The Bertz CT molecular complexity index is 985. The maximum Gasteiger partial charge on any atom is 0.227 e. The number of nitrogens with one attached hydrogen (secondary N) is 1. The molecule has 148 valence electrons. The van der Waals surface area contributed by atoms with Crippen LogP contribution in [0.5, 0.6) is 0 Å². The van der Waals surface area contributed by atoms with Crippen LogP contribution in [0, 0.1) is 5.82 Å². The summed E-state index contributed by atoms with van der Waals surface area (Å²) in [5.41, 5.74) is 2.59. The average Bonchev–Trinajstić information content (AvgIpc) is 3.39. The van der Waals surface area contributed by atoms with Crippen molar-refractivity contribution < 1.29 is 14.0 Å². The Hall–Kier alpha value is -2.99. The Kier molecular flexibility index (Phi) is 5.71. The van der Waals surface area contributed by atoms with Crippen LogP contribution in [0.2, 0.25) is 0 Å². The van der Waals surface area contributed by atoms with Crippen LogP contribution in [-0.4, -0.2) is 18.4 Å². The number of carbonyl (C=O) groups is 2. The number of anilines is 1. The summed E-state index contributed by atoms with van der Waals surface area (Å²) in [4.78, 5) is 27.3. The molecule has 1 aliphatic heterocycles. The molecule has 1 N–H and O–H groups in total. The van der Waals surface area contributed by atoms with Gasteiger partial charge in [0.05, 0.1) is 12.5 Å². The van der Waals surface area contributed by atoms with E-state index in [2.05, 4.69) is 5.32 Å². The van der Waals surface area contributed by atoms with Crippen molar-refractivity contribution in [2.75, 3.05) is 11.4 Å². The van der Waals surface area contributed by atoms with Crippen molar-refractivity contribution in [3.05, 3.63) is 87.9 Å². The van der Waals surface area contributed by atoms with E-state index in [0.29, 0.717) is 6.42 Å². The van der Waals surface area contributed by atoms with E-state index in [-0.39, 0.29) is 30.1 Å². The molecule has 2 amide bonds. The van der Waals surface area contributed by atoms with E-state index in [1.807, 2.05) is 41.8 Å². The van der Waals surface area contributed by atoms with Gasteiger partial charge in [0.2, 0.25) is 11.8 Å². The third-order valence-electron chi connectivity index (χ3n) is 5.02. The molecule has 1 unspecified atom stereocenters. The number of hydrogen-bond donors (Lipinski definition) is 1. The zero-order valence-electron chi connectivity index (χ0n) is 15.8. The summed E-state index contributed by atoms with van der Waals surface area (Å²) in [5.74, 6) is -0.270. The number of halogens is 1. The van der Waals surface area contributed by atoms with E-state index in [0.717, 1.165) is 34.7 Å². The summed E-state index contributed by atoms with van der Waals surface area (Å²) in [6, 6.07) is 17.3. The summed E-state index contributed by atoms with van der Waals surface area (Å²) in [5, 5.41) is 5.02. The largest absolute Gasteiger partial charge is 0.344 e. The van der Waals surface area contributed by atoms with Crippen LogP contribution in [0.1, 0.15) is 34.9 Å². The van der Waals surface area contributed by atoms with Gasteiger partial charge in [-0.1, -0.05) is 30.3 Å². The van der Waals surface area contributed by atoms with Crippen molar-refractivity contribution in [3.8, 4) is 0 Å². The van der Waals surface area contributed by atoms with Gasteiger partial charge in [0.15, 0.2) is 0 Å². The molecule has 0 saturated carbocycles. The van der Waals surface area contributed by atoms with Gasteiger partial charge in [-0.2, -0.15) is 0 Å². The molecule has 29 heavy (non-hydrogen) atoms. The van der Waals surface area contributed by atoms with Crippen molar-refractivity contribution in [2.24, 2.45) is 0 Å². The minimum absolute atomic E-state index is 0.113. The topological polar surface area (TPSA) is 49.4 Å². The second-order valence-electron chi connectivity index (χ2n) is 7.06. The normalized spacial score (nSPS) is 14.8. The fourth-order valence-electron chi connectivity index (χ4n) is 3.54. The van der Waals surface area contributed by atoms with Gasteiger partial charge in [-0.15, -0.1) is 11.3 Å². The Morgan fingerprint density at radius 2 is 1.86 bits per heavy atom. The monoisotopic (exact) mass is 408 g/mol. The van der Waals surface area contributed by atoms with Gasteiger partial charge in [-0.05, 0) is 53.3 Å². The van der Waals surface area contributed by atoms with Crippen LogP contribution in [0.15, 0.2) is 66.0 Å². The molecule has 1 aliphatic rings. The molecular formula is C23H21FN2O2S. The fourth-order valence-corrected chi connectivity index (χ4v) is 4.34. The van der Waals surface area contributed by atoms with E-state index in [9.17, 15) is 14.0 Å². The third kappa shape index (κ3) is 4.54. The molecule has 6 heteroatoms. The molecule has 1 saturated heterocycles. The predicted octanol–water partition coefficient (Wildman–Crippen LogP) is 4.46. The zero-order valence-corrected chi connectivity index (χ0v) is 16.6. The fraction of sp³-hybridized carbons (Fsp3) is 0.217. The molecular weight excluding hydrogens is 387 g/mol. The summed E-state index contributed by atoms with van der Waals surface area (Å²) in [6.45, 7) is 0.749. The van der Waals surface area contributed by atoms with Crippen LogP contribution in [0.4, 0.5) is 10.1 Å². The number of rotatable bonds is 6. The summed E-state index contributed by atoms with van der Waals surface area (Å²) >= 11 is 1.55. The van der Waals surface area contributed by atoms with Gasteiger partial charge in [-0.25, -0.2) is 4.39 Å². The smallest absolute Gasteiger partial charge is 0.227 e. The standard InChI is InChI=1S/C23H21FN2O2S/c24-18-9-7-17(8-10-18)23(20-3-2-14-29-20)25-21(27)15-16-5-11-19(12-6-16)26-13-1-4-22(26)28/h2-3,5-12,14,23H,1,4,13,15H2,(H,25,27). The summed E-state index contributed by atoms with van der Waals surface area (Å²) in [6.07, 6.45) is 1.71. The highest BCUT2D eigenvalue weighted by Gasteiger charge is 2.22. The first kappa shape index (κ1) is 19.3. The summed E-state index contributed by atoms with van der Waals surface area (Å²) in [7, 11) is 0. The molecule has 0 aliphatic carbocycles. The molecule has 2 heterocycles. The van der Waals surface area contributed by atoms with Gasteiger partial charge in [0, 0.05) is 23.5 Å². The quantitative estimate of drug-likeness (QED) is 0.655. The van der Waals surface area contributed by atoms with E-state index < -0.39 is 0 Å². The predicted molar refractivity (Wildman–Crippen MR) is 112 cm³/mol. The lowest BCUT2D eigenvalue weighted by Gasteiger charge is -2.19. The highest BCUT2D eigenvalue weighted by molar-refractivity contribution is 7.10. The van der Waals surface area contributed by atoms with Gasteiger partial charge in [-0.3, -0.25) is 9.59 Å². The summed E-state index contributed by atoms with van der Waals surface area (Å²) < 4.78 is 13.3. The zero-order chi connectivity index (χ0) is 20.2. The number of hydrogen-bond acceptors (Lipinski definition) is 3. The molecule has 1 atom stereocenters. The number of carbonyl (C=O) groups excluding carboxylic acids is 2. The third-order valence-corrected chi connectivity index (χ3v) is 5.96. The number of amides is 2. The second kappa shape index (κ2) is 8.57. The van der Waals surface area contributed by atoms with E-state index >= 15 is 0 Å². The van der Waals surface area contributed by atoms with Crippen molar-refractivity contribution >= 4 is 28.8 Å². The molecule has 0 bridgehead atoms. The lowest BCUT2D eigenvalue weighted by molar-refractivity contribution is -0.121. The maximum atomic E-state index is 13.3.